The van der Waals surface area contributed by atoms with Crippen molar-refractivity contribution in [2.24, 2.45) is 0 Å². The molecule has 1 aliphatic heterocycles. The minimum Gasteiger partial charge on any atom is -0.377 e. The van der Waals surface area contributed by atoms with Gasteiger partial charge in [-0.15, -0.1) is 0 Å². The summed E-state index contributed by atoms with van der Waals surface area (Å²) in [5.41, 5.74) is 1.41. The summed E-state index contributed by atoms with van der Waals surface area (Å²) >= 11 is 2.08. The Balaban J connectivity index is 1.97. The number of nitrogens with one attached hydrogen (secondary N) is 1. The summed E-state index contributed by atoms with van der Waals surface area (Å²) in [4.78, 5) is 0. The maximum atomic E-state index is 5.77. The Bertz CT molecular complexity index is 378. The van der Waals surface area contributed by atoms with E-state index in [9.17, 15) is 0 Å². The number of hydrogen-bond donors (Lipinski definition) is 1. The Labute approximate surface area is 134 Å². The monoisotopic (exact) mass is 307 g/mol. The third-order valence-electron chi connectivity index (χ3n) is 4.07. The predicted octanol–water partition coefficient (Wildman–Crippen LogP) is 4.42. The lowest BCUT2D eigenvalue weighted by Crippen LogP contribution is -2.31. The molecule has 0 amide bonds. The third kappa shape index (κ3) is 5.32. The molecule has 3 atom stereocenters. The molecule has 0 aliphatic carbocycles. The molecule has 21 heavy (non-hydrogen) atoms. The Morgan fingerprint density at radius 2 is 2.10 bits per heavy atom. The Hall–Kier alpha value is -0.510. The first-order valence-corrected chi connectivity index (χ1v) is 9.41. The van der Waals surface area contributed by atoms with Crippen molar-refractivity contribution in [2.45, 2.75) is 56.9 Å². The van der Waals surface area contributed by atoms with Crippen molar-refractivity contribution < 1.29 is 4.74 Å². The third-order valence-corrected chi connectivity index (χ3v) is 5.67. The minimum absolute atomic E-state index is 0.447. The SMILES string of the molecule is CCCNC(c1ccccc1)C(CC)SCC1CCCO1. The molecule has 3 heteroatoms. The molecule has 0 bridgehead atoms. The largest absolute Gasteiger partial charge is 0.377 e. The number of rotatable bonds is 9. The van der Waals surface area contributed by atoms with Crippen LogP contribution in [0.4, 0.5) is 0 Å². The molecule has 1 aromatic rings. The fourth-order valence-electron chi connectivity index (χ4n) is 2.88. The Kier molecular flexibility index (Phi) is 7.62. The quantitative estimate of drug-likeness (QED) is 0.730. The molecule has 118 valence electrons. The van der Waals surface area contributed by atoms with E-state index in [1.165, 1.54) is 31.2 Å². The highest BCUT2D eigenvalue weighted by Gasteiger charge is 2.24. The van der Waals surface area contributed by atoms with Crippen LogP contribution >= 0.6 is 11.8 Å². The summed E-state index contributed by atoms with van der Waals surface area (Å²) in [6.45, 7) is 6.57. The van der Waals surface area contributed by atoms with Crippen molar-refractivity contribution in [1.29, 1.82) is 0 Å². The summed E-state index contributed by atoms with van der Waals surface area (Å²) < 4.78 is 5.77. The van der Waals surface area contributed by atoms with Gasteiger partial charge in [-0.05, 0) is 37.8 Å². The molecule has 0 saturated carbocycles. The van der Waals surface area contributed by atoms with E-state index < -0.39 is 0 Å². The van der Waals surface area contributed by atoms with Gasteiger partial charge in [-0.25, -0.2) is 0 Å². The number of thioether (sulfide) groups is 1. The predicted molar refractivity (Wildman–Crippen MR) is 93.0 cm³/mol. The van der Waals surface area contributed by atoms with Gasteiger partial charge in [0.25, 0.3) is 0 Å². The van der Waals surface area contributed by atoms with Gasteiger partial charge < -0.3 is 10.1 Å². The second kappa shape index (κ2) is 9.50. The summed E-state index contributed by atoms with van der Waals surface area (Å²) in [6.07, 6.45) is 5.32. The molecular weight excluding hydrogens is 278 g/mol. The summed E-state index contributed by atoms with van der Waals surface area (Å²) in [5, 5.41) is 4.36. The highest BCUT2D eigenvalue weighted by atomic mass is 32.2. The molecule has 1 saturated heterocycles. The van der Waals surface area contributed by atoms with Crippen LogP contribution in [0.1, 0.15) is 51.1 Å². The van der Waals surface area contributed by atoms with E-state index in [0.29, 0.717) is 17.4 Å². The van der Waals surface area contributed by atoms with Crippen molar-refractivity contribution >= 4 is 11.8 Å². The second-order valence-corrected chi connectivity index (χ2v) is 7.03. The van der Waals surface area contributed by atoms with Gasteiger partial charge in [0, 0.05) is 23.7 Å². The molecule has 1 N–H and O–H groups in total. The second-order valence-electron chi connectivity index (χ2n) is 5.76. The van der Waals surface area contributed by atoms with Crippen molar-refractivity contribution in [3.8, 4) is 0 Å². The molecule has 1 aliphatic rings. The van der Waals surface area contributed by atoms with Crippen LogP contribution < -0.4 is 5.32 Å². The van der Waals surface area contributed by atoms with Crippen LogP contribution in [-0.4, -0.2) is 30.3 Å². The summed E-state index contributed by atoms with van der Waals surface area (Å²) in [6, 6.07) is 11.3. The fraction of sp³-hybridized carbons (Fsp3) is 0.667. The molecule has 2 nitrogen and oxygen atoms in total. The van der Waals surface area contributed by atoms with Crippen molar-refractivity contribution in [2.75, 3.05) is 18.9 Å². The average molecular weight is 308 g/mol. The first-order chi connectivity index (χ1) is 10.3. The first kappa shape index (κ1) is 16.9. The van der Waals surface area contributed by atoms with Gasteiger partial charge in [-0.1, -0.05) is 44.2 Å². The van der Waals surface area contributed by atoms with Crippen LogP contribution in [0, 0.1) is 0 Å². The average Bonchev–Trinajstić information content (AvgIpc) is 3.05. The van der Waals surface area contributed by atoms with Crippen LogP contribution in [0.15, 0.2) is 30.3 Å². The van der Waals surface area contributed by atoms with E-state index >= 15 is 0 Å². The van der Waals surface area contributed by atoms with Crippen LogP contribution in [0.3, 0.4) is 0 Å². The van der Waals surface area contributed by atoms with E-state index in [4.69, 9.17) is 4.74 Å². The first-order valence-electron chi connectivity index (χ1n) is 8.36. The molecular formula is C18H29NOS. The lowest BCUT2D eigenvalue weighted by molar-refractivity contribution is 0.128. The standard InChI is InChI=1S/C18H29NOS/c1-3-12-19-18(15-9-6-5-7-10-15)17(4-2)21-14-16-11-8-13-20-16/h5-7,9-10,16-19H,3-4,8,11-14H2,1-2H3. The summed E-state index contributed by atoms with van der Waals surface area (Å²) in [5.74, 6) is 1.13. The van der Waals surface area contributed by atoms with Gasteiger partial charge >= 0.3 is 0 Å². The maximum Gasteiger partial charge on any atom is 0.0666 e. The molecule has 1 heterocycles. The minimum atomic E-state index is 0.447. The van der Waals surface area contributed by atoms with Crippen molar-refractivity contribution in [3.05, 3.63) is 35.9 Å². The van der Waals surface area contributed by atoms with E-state index in [2.05, 4.69) is 61.3 Å². The van der Waals surface area contributed by atoms with Crippen molar-refractivity contribution in [1.82, 2.24) is 5.32 Å². The van der Waals surface area contributed by atoms with Gasteiger partial charge in [-0.3, -0.25) is 0 Å². The molecule has 3 unspecified atom stereocenters. The van der Waals surface area contributed by atoms with Crippen molar-refractivity contribution in [3.63, 3.8) is 0 Å². The zero-order valence-corrected chi connectivity index (χ0v) is 14.2. The molecule has 1 aromatic carbocycles. The zero-order valence-electron chi connectivity index (χ0n) is 13.4. The Morgan fingerprint density at radius 1 is 1.29 bits per heavy atom. The highest BCUT2D eigenvalue weighted by Crippen LogP contribution is 2.31. The maximum absolute atomic E-state index is 5.77. The number of hydrogen-bond acceptors (Lipinski definition) is 3. The lowest BCUT2D eigenvalue weighted by atomic mass is 10.0. The zero-order chi connectivity index (χ0) is 14.9. The highest BCUT2D eigenvalue weighted by molar-refractivity contribution is 8.00. The van der Waals surface area contributed by atoms with Gasteiger partial charge in [0.2, 0.25) is 0 Å². The fourth-order valence-corrected chi connectivity index (χ4v) is 4.29. The van der Waals surface area contributed by atoms with Crippen LogP contribution in [0.5, 0.6) is 0 Å². The van der Waals surface area contributed by atoms with Gasteiger partial charge in [0.15, 0.2) is 0 Å². The van der Waals surface area contributed by atoms with Gasteiger partial charge in [0.1, 0.15) is 0 Å². The van der Waals surface area contributed by atoms with Crippen LogP contribution in [0.2, 0.25) is 0 Å². The summed E-state index contributed by atoms with van der Waals surface area (Å²) in [7, 11) is 0. The normalized spacial score (nSPS) is 21.3. The van der Waals surface area contributed by atoms with E-state index in [1.54, 1.807) is 0 Å². The number of ether oxygens (including phenoxy) is 1. The van der Waals surface area contributed by atoms with Crippen LogP contribution in [-0.2, 0) is 4.74 Å². The smallest absolute Gasteiger partial charge is 0.0666 e. The molecule has 0 aromatic heterocycles. The molecule has 0 radical (unpaired) electrons. The Morgan fingerprint density at radius 3 is 2.71 bits per heavy atom. The van der Waals surface area contributed by atoms with Gasteiger partial charge in [0.05, 0.1) is 6.10 Å². The molecule has 1 fully saturated rings. The van der Waals surface area contributed by atoms with E-state index in [-0.39, 0.29) is 0 Å². The van der Waals surface area contributed by atoms with E-state index in [0.717, 1.165) is 18.9 Å². The van der Waals surface area contributed by atoms with Gasteiger partial charge in [-0.2, -0.15) is 11.8 Å². The molecule has 2 rings (SSSR count). The lowest BCUT2D eigenvalue weighted by Gasteiger charge is -2.28. The van der Waals surface area contributed by atoms with Crippen LogP contribution in [0.25, 0.3) is 0 Å². The van der Waals surface area contributed by atoms with E-state index in [1.807, 2.05) is 0 Å². The number of benzene rings is 1. The topological polar surface area (TPSA) is 21.3 Å². The molecule has 0 spiro atoms.